The molecular formula is C19H22NO5P. The van der Waals surface area contributed by atoms with Crippen LogP contribution in [0.15, 0.2) is 30.3 Å². The zero-order valence-corrected chi connectivity index (χ0v) is 16.0. The van der Waals surface area contributed by atoms with Gasteiger partial charge in [0.1, 0.15) is 22.7 Å². The normalized spacial score (nSPS) is 12.1. The highest BCUT2D eigenvalue weighted by molar-refractivity contribution is 7.60. The van der Waals surface area contributed by atoms with Crippen molar-refractivity contribution in [2.24, 2.45) is 0 Å². The standard InChI is InChI=1S/C19H22NO5P/c1-10(2)14-8-13(5-6-17(14)21)25-19-11(3)7-16-15(12(19)4)9-18(20-16)26(22,23)24/h5-10,20-21H,1-4H3,(H2,22,23,24). The summed E-state index contributed by atoms with van der Waals surface area (Å²) < 4.78 is 17.6. The molecule has 0 atom stereocenters. The van der Waals surface area contributed by atoms with Gasteiger partial charge in [0.15, 0.2) is 0 Å². The van der Waals surface area contributed by atoms with Gasteiger partial charge in [0.05, 0.1) is 0 Å². The molecule has 2 aromatic carbocycles. The van der Waals surface area contributed by atoms with Gasteiger partial charge >= 0.3 is 7.60 Å². The Kier molecular flexibility index (Phi) is 4.61. The largest absolute Gasteiger partial charge is 0.508 e. The first-order valence-electron chi connectivity index (χ1n) is 8.27. The Morgan fingerprint density at radius 1 is 1.12 bits per heavy atom. The Labute approximate surface area is 151 Å². The highest BCUT2D eigenvalue weighted by Crippen LogP contribution is 2.39. The van der Waals surface area contributed by atoms with E-state index in [1.807, 2.05) is 27.7 Å². The van der Waals surface area contributed by atoms with Gasteiger partial charge in [0.25, 0.3) is 0 Å². The number of phenolic OH excluding ortho intramolecular Hbond substituents is 1. The van der Waals surface area contributed by atoms with E-state index in [0.29, 0.717) is 22.4 Å². The molecule has 0 saturated carbocycles. The third-order valence-corrected chi connectivity index (χ3v) is 5.32. The molecule has 7 heteroatoms. The van der Waals surface area contributed by atoms with Gasteiger partial charge in [-0.25, -0.2) is 0 Å². The summed E-state index contributed by atoms with van der Waals surface area (Å²) in [5.74, 6) is 1.61. The van der Waals surface area contributed by atoms with Crippen LogP contribution in [0.1, 0.15) is 36.5 Å². The van der Waals surface area contributed by atoms with E-state index in [9.17, 15) is 19.5 Å². The molecule has 138 valence electrons. The van der Waals surface area contributed by atoms with Gasteiger partial charge < -0.3 is 24.6 Å². The van der Waals surface area contributed by atoms with Gasteiger partial charge in [-0.1, -0.05) is 13.8 Å². The van der Waals surface area contributed by atoms with E-state index in [2.05, 4.69) is 4.98 Å². The van der Waals surface area contributed by atoms with Crippen LogP contribution in [0.3, 0.4) is 0 Å². The van der Waals surface area contributed by atoms with Gasteiger partial charge in [-0.3, -0.25) is 4.57 Å². The lowest BCUT2D eigenvalue weighted by atomic mass is 10.0. The summed E-state index contributed by atoms with van der Waals surface area (Å²) >= 11 is 0. The number of fused-ring (bicyclic) bond motifs is 1. The number of rotatable bonds is 4. The van der Waals surface area contributed by atoms with E-state index in [4.69, 9.17) is 4.74 Å². The number of aryl methyl sites for hydroxylation is 2. The van der Waals surface area contributed by atoms with Crippen LogP contribution in [0.5, 0.6) is 17.2 Å². The van der Waals surface area contributed by atoms with Gasteiger partial charge in [-0.15, -0.1) is 0 Å². The topological polar surface area (TPSA) is 103 Å². The minimum absolute atomic E-state index is 0.112. The predicted molar refractivity (Wildman–Crippen MR) is 102 cm³/mol. The number of H-pyrrole nitrogens is 1. The fourth-order valence-electron chi connectivity index (χ4n) is 3.07. The Hall–Kier alpha value is -2.27. The monoisotopic (exact) mass is 375 g/mol. The summed E-state index contributed by atoms with van der Waals surface area (Å²) in [6.07, 6.45) is 0. The van der Waals surface area contributed by atoms with Crippen molar-refractivity contribution in [1.82, 2.24) is 4.98 Å². The summed E-state index contributed by atoms with van der Waals surface area (Å²) in [6, 6.07) is 8.38. The van der Waals surface area contributed by atoms with E-state index in [1.54, 1.807) is 24.3 Å². The lowest BCUT2D eigenvalue weighted by Gasteiger charge is -2.15. The maximum absolute atomic E-state index is 11.5. The highest BCUT2D eigenvalue weighted by Gasteiger charge is 2.22. The molecule has 0 bridgehead atoms. The molecule has 4 N–H and O–H groups in total. The van der Waals surface area contributed by atoms with Crippen molar-refractivity contribution >= 4 is 23.9 Å². The van der Waals surface area contributed by atoms with Crippen LogP contribution in [-0.4, -0.2) is 19.9 Å². The van der Waals surface area contributed by atoms with Crippen LogP contribution in [-0.2, 0) is 4.57 Å². The Balaban J connectivity index is 2.08. The third kappa shape index (κ3) is 3.36. The number of nitrogens with one attached hydrogen (secondary N) is 1. The van der Waals surface area contributed by atoms with Gasteiger partial charge in [-0.05, 0) is 55.7 Å². The fourth-order valence-corrected chi connectivity index (χ4v) is 3.63. The van der Waals surface area contributed by atoms with Gasteiger partial charge in [0, 0.05) is 22.0 Å². The summed E-state index contributed by atoms with van der Waals surface area (Å²) in [4.78, 5) is 21.6. The average molecular weight is 375 g/mol. The fraction of sp³-hybridized carbons (Fsp3) is 0.263. The molecular weight excluding hydrogens is 353 g/mol. The van der Waals surface area contributed by atoms with Gasteiger partial charge in [-0.2, -0.15) is 0 Å². The van der Waals surface area contributed by atoms with Crippen molar-refractivity contribution in [3.8, 4) is 17.2 Å². The second-order valence-electron chi connectivity index (χ2n) is 6.78. The highest BCUT2D eigenvalue weighted by atomic mass is 31.2. The molecule has 0 unspecified atom stereocenters. The van der Waals surface area contributed by atoms with Crippen LogP contribution < -0.4 is 10.2 Å². The van der Waals surface area contributed by atoms with Crippen LogP contribution in [0.25, 0.3) is 10.9 Å². The molecule has 0 amide bonds. The van der Waals surface area contributed by atoms with Crippen molar-refractivity contribution < 1.29 is 24.2 Å². The van der Waals surface area contributed by atoms with Crippen molar-refractivity contribution in [2.75, 3.05) is 0 Å². The first-order chi connectivity index (χ1) is 12.1. The Bertz CT molecular complexity index is 1030. The second kappa shape index (κ2) is 6.47. The first kappa shape index (κ1) is 18.5. The maximum Gasteiger partial charge on any atom is 0.372 e. The predicted octanol–water partition coefficient (Wildman–Crippen LogP) is 4.21. The third-order valence-electron chi connectivity index (χ3n) is 4.45. The number of phenols is 1. The lowest BCUT2D eigenvalue weighted by Crippen LogP contribution is -2.03. The van der Waals surface area contributed by atoms with E-state index in [-0.39, 0.29) is 17.1 Å². The van der Waals surface area contributed by atoms with E-state index >= 15 is 0 Å². The van der Waals surface area contributed by atoms with Crippen LogP contribution >= 0.6 is 7.60 Å². The number of benzene rings is 2. The van der Waals surface area contributed by atoms with E-state index < -0.39 is 7.60 Å². The molecule has 6 nitrogen and oxygen atoms in total. The number of aromatic amines is 1. The smallest absolute Gasteiger partial charge is 0.372 e. The molecule has 0 saturated heterocycles. The second-order valence-corrected chi connectivity index (χ2v) is 8.35. The molecule has 0 aliphatic heterocycles. The molecule has 0 spiro atoms. The Morgan fingerprint density at radius 3 is 2.42 bits per heavy atom. The van der Waals surface area contributed by atoms with Crippen molar-refractivity contribution in [1.29, 1.82) is 0 Å². The summed E-state index contributed by atoms with van der Waals surface area (Å²) in [5, 5.41) is 10.7. The zero-order chi connectivity index (χ0) is 19.2. The number of hydrogen-bond donors (Lipinski definition) is 4. The number of aromatic nitrogens is 1. The molecule has 0 aliphatic carbocycles. The minimum Gasteiger partial charge on any atom is -0.508 e. The van der Waals surface area contributed by atoms with Crippen LogP contribution in [0.4, 0.5) is 0 Å². The molecule has 3 aromatic rings. The van der Waals surface area contributed by atoms with Crippen LogP contribution in [0, 0.1) is 13.8 Å². The summed E-state index contributed by atoms with van der Waals surface area (Å²) in [6.45, 7) is 7.71. The zero-order valence-electron chi connectivity index (χ0n) is 15.1. The Morgan fingerprint density at radius 2 is 1.81 bits per heavy atom. The van der Waals surface area contributed by atoms with Gasteiger partial charge in [0.2, 0.25) is 0 Å². The molecule has 0 fully saturated rings. The number of hydrogen-bond acceptors (Lipinski definition) is 3. The molecule has 0 radical (unpaired) electrons. The van der Waals surface area contributed by atoms with Crippen LogP contribution in [0.2, 0.25) is 0 Å². The van der Waals surface area contributed by atoms with Crippen molar-refractivity contribution in [3.63, 3.8) is 0 Å². The first-order valence-corrected chi connectivity index (χ1v) is 9.89. The van der Waals surface area contributed by atoms with Crippen molar-refractivity contribution in [2.45, 2.75) is 33.6 Å². The SMILES string of the molecule is Cc1cc2[nH]c(P(=O)(O)O)cc2c(C)c1Oc1ccc(O)c(C(C)C)c1. The molecule has 1 aromatic heterocycles. The molecule has 1 heterocycles. The van der Waals surface area contributed by atoms with E-state index in [1.165, 1.54) is 6.07 Å². The quantitative estimate of drug-likeness (QED) is 0.512. The van der Waals surface area contributed by atoms with Crippen molar-refractivity contribution in [3.05, 3.63) is 47.0 Å². The lowest BCUT2D eigenvalue weighted by molar-refractivity contribution is 0.386. The van der Waals surface area contributed by atoms with E-state index in [0.717, 1.165) is 16.7 Å². The minimum atomic E-state index is -4.35. The summed E-state index contributed by atoms with van der Waals surface area (Å²) in [7, 11) is -4.35. The number of aromatic hydroxyl groups is 1. The molecule has 0 aliphatic rings. The average Bonchev–Trinajstić information content (AvgIpc) is 2.97. The maximum atomic E-state index is 11.5. The molecule has 3 rings (SSSR count). The number of ether oxygens (including phenoxy) is 1. The summed E-state index contributed by atoms with van der Waals surface area (Å²) in [5.41, 5.74) is 2.96. The molecule has 26 heavy (non-hydrogen) atoms.